The Kier molecular flexibility index (Phi) is 19.5. The van der Waals surface area contributed by atoms with E-state index < -0.39 is 0 Å². The molecule has 3 N–H and O–H groups in total. The van der Waals surface area contributed by atoms with E-state index in [0.717, 1.165) is 0 Å². The normalized spacial score (nSPS) is 6.89. The van der Waals surface area contributed by atoms with Crippen LogP contribution in [0.2, 0.25) is 0 Å². The summed E-state index contributed by atoms with van der Waals surface area (Å²) >= 11 is 0. The van der Waals surface area contributed by atoms with Gasteiger partial charge in [0.25, 0.3) is 0 Å². The van der Waals surface area contributed by atoms with E-state index in [2.05, 4.69) is 19.1 Å². The van der Waals surface area contributed by atoms with Crippen molar-refractivity contribution in [3.63, 3.8) is 0 Å². The quantitative estimate of drug-likeness (QED) is 0.335. The fourth-order valence-corrected chi connectivity index (χ4v) is 0.235. The Balaban J connectivity index is 0. The molecule has 0 aromatic heterocycles. The minimum Gasteiger partial charge on any atom is -0.373 e. The summed E-state index contributed by atoms with van der Waals surface area (Å²) in [6, 6.07) is 0. The molecule has 0 aliphatic heterocycles. The molecule has 0 fully saturated rings. The van der Waals surface area contributed by atoms with Gasteiger partial charge in [-0.3, -0.25) is 0 Å². The molecule has 0 aromatic rings. The van der Waals surface area contributed by atoms with Crippen LogP contribution in [0.5, 0.6) is 0 Å². The smallest absolute Gasteiger partial charge is 0.0649 e. The van der Waals surface area contributed by atoms with E-state index in [-0.39, 0.29) is 0 Å². The molecule has 0 rings (SSSR count). The lowest BCUT2D eigenvalue weighted by atomic mass is 10.6. The molecule has 0 unspecified atom stereocenters. The number of hydrogen-bond acceptors (Lipinski definition) is 3. The maximum atomic E-state index is 6.50. The Bertz CT molecular complexity index is 56.1. The number of nitrogens with two attached hydrogens (primary N) is 1. The summed E-state index contributed by atoms with van der Waals surface area (Å²) in [6.07, 6.45) is 3.42. The van der Waals surface area contributed by atoms with E-state index >= 15 is 0 Å². The van der Waals surface area contributed by atoms with E-state index in [1.54, 1.807) is 12.2 Å². The van der Waals surface area contributed by atoms with Gasteiger partial charge in [0, 0.05) is 0 Å². The molecular weight excluding hydrogens is 118 g/mol. The number of ether oxygens (including phenoxy) is 1. The van der Waals surface area contributed by atoms with E-state index in [4.69, 9.17) is 9.94 Å². The lowest BCUT2D eigenvalue weighted by Crippen LogP contribution is -1.87. The second-order valence-electron chi connectivity index (χ2n) is 1.11. The minimum absolute atomic E-state index is 0.617. The van der Waals surface area contributed by atoms with Gasteiger partial charge in [-0.05, 0) is 0 Å². The zero-order chi connectivity index (χ0) is 7.54. The molecule has 0 bridgehead atoms. The van der Waals surface area contributed by atoms with Gasteiger partial charge in [-0.2, -0.15) is 0 Å². The third kappa shape index (κ3) is 18.7. The van der Waals surface area contributed by atoms with Crippen LogP contribution in [0.4, 0.5) is 0 Å². The second kappa shape index (κ2) is 15.7. The Morgan fingerprint density at radius 1 is 1.22 bits per heavy atom. The van der Waals surface area contributed by atoms with Crippen LogP contribution in [0, 0.1) is 0 Å². The standard InChI is InChI=1S/C6H10O.H3NO/c1-3-5-7-6-4-2;1-2/h3-4H,1-2,5-6H2;2H,1H2. The first-order chi connectivity index (χ1) is 4.41. The second-order valence-corrected chi connectivity index (χ2v) is 1.11. The minimum atomic E-state index is 0.617. The van der Waals surface area contributed by atoms with Crippen molar-refractivity contribution < 1.29 is 9.94 Å². The summed E-state index contributed by atoms with van der Waals surface area (Å²) < 4.78 is 4.90. The molecule has 0 aliphatic carbocycles. The zero-order valence-electron chi connectivity index (χ0n) is 5.42. The molecule has 54 valence electrons. The van der Waals surface area contributed by atoms with Gasteiger partial charge in [0.15, 0.2) is 0 Å². The molecule has 0 aromatic carbocycles. The van der Waals surface area contributed by atoms with Crippen molar-refractivity contribution in [3.05, 3.63) is 25.3 Å². The highest BCUT2D eigenvalue weighted by Crippen LogP contribution is 1.72. The number of hydrogen-bond donors (Lipinski definition) is 2. The van der Waals surface area contributed by atoms with Crippen LogP contribution >= 0.6 is 0 Å². The highest BCUT2D eigenvalue weighted by atomic mass is 16.5. The Morgan fingerprint density at radius 3 is 1.78 bits per heavy atom. The Labute approximate surface area is 55.4 Å². The molecule has 0 amide bonds. The fraction of sp³-hybridized carbons (Fsp3) is 0.333. The summed E-state index contributed by atoms with van der Waals surface area (Å²) in [4.78, 5) is 0. The van der Waals surface area contributed by atoms with Crippen molar-refractivity contribution in [2.75, 3.05) is 13.2 Å². The predicted molar refractivity (Wildman–Crippen MR) is 37.2 cm³/mol. The molecule has 3 heteroatoms. The molecule has 0 heterocycles. The van der Waals surface area contributed by atoms with Crippen LogP contribution in [0.1, 0.15) is 0 Å². The van der Waals surface area contributed by atoms with Gasteiger partial charge < -0.3 is 9.94 Å². The molecular formula is C6H13NO2. The average Bonchev–Trinajstić information content (AvgIpc) is 1.94. The summed E-state index contributed by atoms with van der Waals surface area (Å²) in [5.74, 6) is 3.50. The SMILES string of the molecule is C=CCOCC=C.NO. The topological polar surface area (TPSA) is 55.5 Å². The fourth-order valence-electron chi connectivity index (χ4n) is 0.235. The van der Waals surface area contributed by atoms with Crippen molar-refractivity contribution >= 4 is 0 Å². The van der Waals surface area contributed by atoms with E-state index in [9.17, 15) is 0 Å². The van der Waals surface area contributed by atoms with Crippen molar-refractivity contribution in [2.24, 2.45) is 5.90 Å². The van der Waals surface area contributed by atoms with Crippen molar-refractivity contribution in [3.8, 4) is 0 Å². The van der Waals surface area contributed by atoms with E-state index in [1.165, 1.54) is 0 Å². The molecule has 3 nitrogen and oxygen atoms in total. The molecule has 9 heavy (non-hydrogen) atoms. The van der Waals surface area contributed by atoms with E-state index in [0.29, 0.717) is 13.2 Å². The van der Waals surface area contributed by atoms with Gasteiger partial charge in [-0.25, -0.2) is 5.90 Å². The highest BCUT2D eigenvalue weighted by molar-refractivity contribution is 4.68. The van der Waals surface area contributed by atoms with Gasteiger partial charge in [0.05, 0.1) is 13.2 Å². The zero-order valence-corrected chi connectivity index (χ0v) is 5.42. The highest BCUT2D eigenvalue weighted by Gasteiger charge is 1.70. The first-order valence-electron chi connectivity index (χ1n) is 2.47. The third-order valence-corrected chi connectivity index (χ3v) is 0.471. The molecule has 0 saturated carbocycles. The molecule has 0 spiro atoms. The van der Waals surface area contributed by atoms with Gasteiger partial charge in [0.2, 0.25) is 0 Å². The van der Waals surface area contributed by atoms with Crippen LogP contribution in [-0.4, -0.2) is 18.4 Å². The average molecular weight is 131 g/mol. The molecule has 0 saturated heterocycles. The lowest BCUT2D eigenvalue weighted by Gasteiger charge is -1.89. The predicted octanol–water partition coefficient (Wildman–Crippen LogP) is 0.709. The molecule has 0 atom stereocenters. The Hall–Kier alpha value is -0.640. The van der Waals surface area contributed by atoms with Crippen molar-refractivity contribution in [2.45, 2.75) is 0 Å². The first kappa shape index (κ1) is 11.2. The summed E-state index contributed by atoms with van der Waals surface area (Å²) in [5.41, 5.74) is 0. The lowest BCUT2D eigenvalue weighted by molar-refractivity contribution is 0.194. The largest absolute Gasteiger partial charge is 0.373 e. The van der Waals surface area contributed by atoms with Crippen LogP contribution < -0.4 is 5.90 Å². The summed E-state index contributed by atoms with van der Waals surface area (Å²) in [7, 11) is 0. The third-order valence-electron chi connectivity index (χ3n) is 0.471. The van der Waals surface area contributed by atoms with Gasteiger partial charge in [-0.15, -0.1) is 13.2 Å². The summed E-state index contributed by atoms with van der Waals surface area (Å²) in [6.45, 7) is 8.18. The summed E-state index contributed by atoms with van der Waals surface area (Å²) in [5, 5.41) is 6.50. The van der Waals surface area contributed by atoms with Crippen molar-refractivity contribution in [1.82, 2.24) is 0 Å². The Morgan fingerprint density at radius 2 is 1.56 bits per heavy atom. The van der Waals surface area contributed by atoms with E-state index in [1.807, 2.05) is 0 Å². The first-order valence-corrected chi connectivity index (χ1v) is 2.47. The maximum absolute atomic E-state index is 6.50. The number of rotatable bonds is 4. The monoisotopic (exact) mass is 131 g/mol. The van der Waals surface area contributed by atoms with Gasteiger partial charge >= 0.3 is 0 Å². The molecule has 0 aliphatic rings. The van der Waals surface area contributed by atoms with Crippen LogP contribution in [0.3, 0.4) is 0 Å². The molecule has 0 radical (unpaired) electrons. The van der Waals surface area contributed by atoms with Crippen LogP contribution in [0.25, 0.3) is 0 Å². The van der Waals surface area contributed by atoms with Gasteiger partial charge in [-0.1, -0.05) is 12.2 Å². The van der Waals surface area contributed by atoms with Crippen LogP contribution in [-0.2, 0) is 4.74 Å². The van der Waals surface area contributed by atoms with Crippen molar-refractivity contribution in [1.29, 1.82) is 0 Å². The van der Waals surface area contributed by atoms with Gasteiger partial charge in [0.1, 0.15) is 0 Å². The maximum Gasteiger partial charge on any atom is 0.0649 e. The van der Waals surface area contributed by atoms with Crippen LogP contribution in [0.15, 0.2) is 25.3 Å².